The molecule has 0 spiro atoms. The van der Waals surface area contributed by atoms with Gasteiger partial charge < -0.3 is 14.9 Å². The third-order valence-electron chi connectivity index (χ3n) is 2.39. The van der Waals surface area contributed by atoms with Crippen LogP contribution in [-0.2, 0) is 0 Å². The van der Waals surface area contributed by atoms with Crippen LogP contribution >= 0.6 is 27.5 Å². The summed E-state index contributed by atoms with van der Waals surface area (Å²) in [5.74, 6) is 0.729. The van der Waals surface area contributed by atoms with Crippen molar-refractivity contribution in [3.8, 4) is 5.75 Å². The van der Waals surface area contributed by atoms with Crippen LogP contribution in [0.2, 0.25) is 5.02 Å². The minimum atomic E-state index is 0.0740. The van der Waals surface area contributed by atoms with Crippen molar-refractivity contribution in [3.05, 3.63) is 27.7 Å². The molecule has 0 aliphatic heterocycles. The summed E-state index contributed by atoms with van der Waals surface area (Å²) in [6.45, 7) is 2.35. The molecule has 0 aliphatic carbocycles. The molecule has 0 aliphatic rings. The lowest BCUT2D eigenvalue weighted by atomic mass is 10.3. The number of hydrogen-bond donors (Lipinski definition) is 2. The van der Waals surface area contributed by atoms with Crippen molar-refractivity contribution in [3.63, 3.8) is 0 Å². The van der Waals surface area contributed by atoms with Crippen LogP contribution in [0.3, 0.4) is 0 Å². The maximum atomic E-state index is 8.87. The highest BCUT2D eigenvalue weighted by Crippen LogP contribution is 2.27. The molecule has 6 heteroatoms. The number of halogens is 2. The van der Waals surface area contributed by atoms with E-state index in [1.165, 1.54) is 0 Å². The summed E-state index contributed by atoms with van der Waals surface area (Å²) in [5.41, 5.74) is 0. The fraction of sp³-hybridized carbons (Fsp3) is 0.500. The Morgan fingerprint density at radius 1 is 1.17 bits per heavy atom. The lowest BCUT2D eigenvalue weighted by molar-refractivity contribution is 0.141. The summed E-state index contributed by atoms with van der Waals surface area (Å²) < 4.78 is 6.42. The Bertz CT molecular complexity index is 359. The van der Waals surface area contributed by atoms with Crippen LogP contribution in [0.4, 0.5) is 0 Å². The third-order valence-corrected chi connectivity index (χ3v) is 3.25. The van der Waals surface area contributed by atoms with Gasteiger partial charge in [-0.2, -0.15) is 0 Å². The van der Waals surface area contributed by atoms with Gasteiger partial charge >= 0.3 is 0 Å². The van der Waals surface area contributed by atoms with E-state index < -0.39 is 0 Å². The van der Waals surface area contributed by atoms with Gasteiger partial charge in [0, 0.05) is 24.7 Å². The molecule has 0 fully saturated rings. The predicted octanol–water partition coefficient (Wildman–Crippen LogP) is 1.77. The molecule has 0 aromatic heterocycles. The van der Waals surface area contributed by atoms with Gasteiger partial charge in [-0.05, 0) is 34.1 Å². The maximum Gasteiger partial charge on any atom is 0.133 e. The van der Waals surface area contributed by atoms with Crippen LogP contribution in [0.15, 0.2) is 22.7 Å². The largest absolute Gasteiger partial charge is 0.491 e. The van der Waals surface area contributed by atoms with Crippen molar-refractivity contribution in [1.29, 1.82) is 0 Å². The van der Waals surface area contributed by atoms with Gasteiger partial charge in [-0.25, -0.2) is 0 Å². The van der Waals surface area contributed by atoms with Gasteiger partial charge in [0.05, 0.1) is 17.7 Å². The quantitative estimate of drug-likeness (QED) is 0.758. The molecular weight excluding hydrogens is 321 g/mol. The Balaban J connectivity index is 2.39. The van der Waals surface area contributed by atoms with Crippen LogP contribution in [0, 0.1) is 0 Å². The first kappa shape index (κ1) is 15.7. The maximum absolute atomic E-state index is 8.87. The van der Waals surface area contributed by atoms with Crippen LogP contribution in [-0.4, -0.2) is 54.6 Å². The van der Waals surface area contributed by atoms with Crippen molar-refractivity contribution in [1.82, 2.24) is 4.90 Å². The van der Waals surface area contributed by atoms with E-state index in [-0.39, 0.29) is 13.2 Å². The number of nitrogens with zero attached hydrogens (tertiary/aromatic N) is 1. The third kappa shape index (κ3) is 5.54. The molecule has 0 bridgehead atoms. The van der Waals surface area contributed by atoms with Crippen molar-refractivity contribution in [2.75, 3.05) is 39.5 Å². The summed E-state index contributed by atoms with van der Waals surface area (Å²) >= 11 is 9.21. The van der Waals surface area contributed by atoms with Crippen molar-refractivity contribution in [2.24, 2.45) is 0 Å². The normalized spacial score (nSPS) is 10.9. The van der Waals surface area contributed by atoms with E-state index >= 15 is 0 Å². The highest BCUT2D eigenvalue weighted by Gasteiger charge is 2.05. The Morgan fingerprint density at radius 2 is 1.83 bits per heavy atom. The van der Waals surface area contributed by atoms with E-state index in [1.807, 2.05) is 4.90 Å². The molecule has 0 amide bonds. The first-order valence-electron chi connectivity index (χ1n) is 5.69. The smallest absolute Gasteiger partial charge is 0.133 e. The number of aliphatic hydroxyl groups excluding tert-OH is 2. The average molecular weight is 339 g/mol. The molecule has 18 heavy (non-hydrogen) atoms. The number of benzene rings is 1. The SMILES string of the molecule is OCCN(CCO)CCOc1ccc(Cl)cc1Br. The molecule has 0 heterocycles. The molecule has 102 valence electrons. The van der Waals surface area contributed by atoms with Gasteiger partial charge in [-0.15, -0.1) is 0 Å². The molecule has 0 radical (unpaired) electrons. The van der Waals surface area contributed by atoms with Crippen LogP contribution in [0.25, 0.3) is 0 Å². The Labute approximate surface area is 120 Å². The van der Waals surface area contributed by atoms with Gasteiger partial charge in [0.25, 0.3) is 0 Å². The van der Waals surface area contributed by atoms with Gasteiger partial charge in [-0.1, -0.05) is 11.6 Å². The Kier molecular flexibility index (Phi) is 7.62. The highest BCUT2D eigenvalue weighted by molar-refractivity contribution is 9.10. The van der Waals surface area contributed by atoms with Crippen LogP contribution < -0.4 is 4.74 Å². The molecule has 0 atom stereocenters. The fourth-order valence-corrected chi connectivity index (χ4v) is 2.29. The standard InChI is InChI=1S/C12H17BrClNO3/c13-11-9-10(14)1-2-12(11)18-8-5-15(3-6-16)4-7-17/h1-2,9,16-17H,3-8H2. The summed E-state index contributed by atoms with van der Waals surface area (Å²) in [6, 6.07) is 5.34. The second-order valence-corrected chi connectivity index (χ2v) is 5.00. The monoisotopic (exact) mass is 337 g/mol. The van der Waals surface area contributed by atoms with Crippen LogP contribution in [0.5, 0.6) is 5.75 Å². The van der Waals surface area contributed by atoms with Crippen molar-refractivity contribution < 1.29 is 14.9 Å². The highest BCUT2D eigenvalue weighted by atomic mass is 79.9. The van der Waals surface area contributed by atoms with E-state index in [1.54, 1.807) is 18.2 Å². The molecule has 0 saturated carbocycles. The zero-order valence-electron chi connectivity index (χ0n) is 9.98. The van der Waals surface area contributed by atoms with Gasteiger partial charge in [0.2, 0.25) is 0 Å². The first-order chi connectivity index (χ1) is 8.67. The minimum absolute atomic E-state index is 0.0740. The zero-order valence-corrected chi connectivity index (χ0v) is 12.3. The second-order valence-electron chi connectivity index (χ2n) is 3.71. The number of ether oxygens (including phenoxy) is 1. The topological polar surface area (TPSA) is 52.9 Å². The fourth-order valence-electron chi connectivity index (χ4n) is 1.50. The number of aliphatic hydroxyl groups is 2. The predicted molar refractivity (Wildman–Crippen MR) is 75.3 cm³/mol. The van der Waals surface area contributed by atoms with Gasteiger partial charge in [-0.3, -0.25) is 4.90 Å². The first-order valence-corrected chi connectivity index (χ1v) is 6.86. The molecule has 4 nitrogen and oxygen atoms in total. The lowest BCUT2D eigenvalue weighted by Crippen LogP contribution is -2.33. The van der Waals surface area contributed by atoms with Crippen molar-refractivity contribution >= 4 is 27.5 Å². The van der Waals surface area contributed by atoms with E-state index in [0.717, 1.165) is 10.2 Å². The second kappa shape index (κ2) is 8.72. The molecule has 0 unspecified atom stereocenters. The lowest BCUT2D eigenvalue weighted by Gasteiger charge is -2.20. The van der Waals surface area contributed by atoms with Crippen molar-refractivity contribution in [2.45, 2.75) is 0 Å². The number of rotatable bonds is 8. The van der Waals surface area contributed by atoms with E-state index in [2.05, 4.69) is 15.9 Å². The molecular formula is C12H17BrClNO3. The summed E-state index contributed by atoms with van der Waals surface area (Å²) in [4.78, 5) is 1.93. The Hall–Kier alpha value is -0.330. The number of hydrogen-bond acceptors (Lipinski definition) is 4. The Morgan fingerprint density at radius 3 is 2.39 bits per heavy atom. The molecule has 1 rings (SSSR count). The van der Waals surface area contributed by atoms with Gasteiger partial charge in [0.15, 0.2) is 0 Å². The molecule has 1 aromatic carbocycles. The zero-order chi connectivity index (χ0) is 13.4. The average Bonchev–Trinajstić information content (AvgIpc) is 2.32. The van der Waals surface area contributed by atoms with E-state index in [4.69, 9.17) is 26.6 Å². The molecule has 1 aromatic rings. The van der Waals surface area contributed by atoms with Gasteiger partial charge in [0.1, 0.15) is 12.4 Å². The minimum Gasteiger partial charge on any atom is -0.491 e. The summed E-state index contributed by atoms with van der Waals surface area (Å²) in [5, 5.41) is 18.4. The van der Waals surface area contributed by atoms with E-state index in [0.29, 0.717) is 31.3 Å². The summed E-state index contributed by atoms with van der Waals surface area (Å²) in [6.07, 6.45) is 0. The molecule has 2 N–H and O–H groups in total. The summed E-state index contributed by atoms with van der Waals surface area (Å²) in [7, 11) is 0. The van der Waals surface area contributed by atoms with E-state index in [9.17, 15) is 0 Å². The van der Waals surface area contributed by atoms with Crippen LogP contribution in [0.1, 0.15) is 0 Å². The molecule has 0 saturated heterocycles.